The molecule has 3 aromatic heterocycles. The number of thioether (sulfide) groups is 1. The summed E-state index contributed by atoms with van der Waals surface area (Å²) in [7, 11) is 0. The number of aromatic nitrogens is 7. The maximum Gasteiger partial charge on any atom is 0.191 e. The molecule has 0 amide bonds. The summed E-state index contributed by atoms with van der Waals surface area (Å²) in [6.07, 6.45) is 4.09. The van der Waals surface area contributed by atoms with E-state index in [-0.39, 0.29) is 0 Å². The lowest BCUT2D eigenvalue weighted by Gasteiger charge is -2.10. The van der Waals surface area contributed by atoms with Gasteiger partial charge in [0.25, 0.3) is 0 Å². The molecule has 4 aromatic rings. The summed E-state index contributed by atoms with van der Waals surface area (Å²) in [4.78, 5) is 1.30. The molecule has 1 aliphatic rings. The van der Waals surface area contributed by atoms with Crippen molar-refractivity contribution in [2.75, 3.05) is 0 Å². The topological polar surface area (TPSA) is 74.3 Å². The van der Waals surface area contributed by atoms with Crippen LogP contribution in [-0.2, 0) is 25.1 Å². The zero-order valence-electron chi connectivity index (χ0n) is 15.9. The first-order valence-corrected chi connectivity index (χ1v) is 11.6. The maximum absolute atomic E-state index is 4.51. The van der Waals surface area contributed by atoms with Crippen LogP contribution in [0.4, 0.5) is 0 Å². The maximum atomic E-state index is 4.51. The van der Waals surface area contributed by atoms with Crippen molar-refractivity contribution in [2.24, 2.45) is 0 Å². The van der Waals surface area contributed by atoms with Crippen molar-refractivity contribution >= 4 is 23.1 Å². The van der Waals surface area contributed by atoms with Crippen LogP contribution in [0.25, 0.3) is 0 Å². The molecule has 0 saturated heterocycles. The Hall–Kier alpha value is -2.52. The van der Waals surface area contributed by atoms with Gasteiger partial charge in [0.1, 0.15) is 5.82 Å². The number of aryl methyl sites for hydroxylation is 1. The van der Waals surface area contributed by atoms with Crippen LogP contribution in [0.2, 0.25) is 0 Å². The van der Waals surface area contributed by atoms with Gasteiger partial charge >= 0.3 is 0 Å². The highest BCUT2D eigenvalue weighted by Gasteiger charge is 2.28. The molecule has 5 rings (SSSR count). The Bertz CT molecular complexity index is 1050. The summed E-state index contributed by atoms with van der Waals surface area (Å²) < 4.78 is 4.22. The Morgan fingerprint density at radius 1 is 1.00 bits per heavy atom. The summed E-state index contributed by atoms with van der Waals surface area (Å²) in [5.41, 5.74) is 1.32. The minimum absolute atomic E-state index is 0.478. The Morgan fingerprint density at radius 3 is 2.69 bits per heavy atom. The molecule has 9 heteroatoms. The first-order valence-electron chi connectivity index (χ1n) is 9.75. The second-order valence-electron chi connectivity index (χ2n) is 7.10. The van der Waals surface area contributed by atoms with Crippen LogP contribution >= 0.6 is 23.1 Å². The van der Waals surface area contributed by atoms with Crippen LogP contribution in [0.1, 0.15) is 41.0 Å². The molecule has 0 bridgehead atoms. The van der Waals surface area contributed by atoms with Crippen LogP contribution in [0, 0.1) is 0 Å². The van der Waals surface area contributed by atoms with E-state index in [1.165, 1.54) is 23.3 Å². The Morgan fingerprint density at radius 2 is 1.90 bits per heavy atom. The van der Waals surface area contributed by atoms with Gasteiger partial charge in [-0.1, -0.05) is 48.2 Å². The number of tetrazole rings is 1. The van der Waals surface area contributed by atoms with Gasteiger partial charge in [-0.25, -0.2) is 4.68 Å². The normalized spacial score (nSPS) is 13.8. The quantitative estimate of drug-likeness (QED) is 0.381. The molecule has 3 heterocycles. The van der Waals surface area contributed by atoms with Crippen molar-refractivity contribution in [3.63, 3.8) is 0 Å². The van der Waals surface area contributed by atoms with Crippen LogP contribution in [0.3, 0.4) is 0 Å². The molecule has 0 radical (unpaired) electrons. The van der Waals surface area contributed by atoms with E-state index in [1.807, 2.05) is 4.68 Å². The van der Waals surface area contributed by atoms with Crippen LogP contribution in [0.15, 0.2) is 53.0 Å². The van der Waals surface area contributed by atoms with E-state index in [0.717, 1.165) is 36.2 Å². The van der Waals surface area contributed by atoms with E-state index in [1.54, 1.807) is 23.1 Å². The summed E-state index contributed by atoms with van der Waals surface area (Å²) >= 11 is 3.42. The van der Waals surface area contributed by atoms with Gasteiger partial charge in [0.15, 0.2) is 11.0 Å². The molecule has 29 heavy (non-hydrogen) atoms. The second-order valence-corrected chi connectivity index (χ2v) is 9.08. The van der Waals surface area contributed by atoms with Gasteiger partial charge in [0, 0.05) is 17.8 Å². The van der Waals surface area contributed by atoms with Gasteiger partial charge in [0.2, 0.25) is 0 Å². The molecule has 1 fully saturated rings. The van der Waals surface area contributed by atoms with Gasteiger partial charge < -0.3 is 4.57 Å². The highest BCUT2D eigenvalue weighted by molar-refractivity contribution is 7.98. The van der Waals surface area contributed by atoms with Crippen molar-refractivity contribution < 1.29 is 0 Å². The summed E-state index contributed by atoms with van der Waals surface area (Å²) in [5, 5.41) is 24.3. The monoisotopic (exact) mass is 423 g/mol. The van der Waals surface area contributed by atoms with Crippen molar-refractivity contribution in [1.29, 1.82) is 0 Å². The third kappa shape index (κ3) is 4.40. The highest BCUT2D eigenvalue weighted by Crippen LogP contribution is 2.35. The SMILES string of the molecule is c1ccc(CCn2c(Cc3cccs3)nnc2SCc2nnnn2C2CC2)cc1. The first kappa shape index (κ1) is 18.5. The molecular formula is C20H21N7S2. The van der Waals surface area contributed by atoms with E-state index in [0.29, 0.717) is 11.8 Å². The van der Waals surface area contributed by atoms with Gasteiger partial charge in [0.05, 0.1) is 11.8 Å². The minimum Gasteiger partial charge on any atom is -0.305 e. The summed E-state index contributed by atoms with van der Waals surface area (Å²) in [6, 6.07) is 15.3. The lowest BCUT2D eigenvalue weighted by molar-refractivity contribution is 0.591. The third-order valence-electron chi connectivity index (χ3n) is 4.96. The van der Waals surface area contributed by atoms with E-state index in [2.05, 4.69) is 78.1 Å². The van der Waals surface area contributed by atoms with Gasteiger partial charge in [-0.2, -0.15) is 0 Å². The van der Waals surface area contributed by atoms with Crippen molar-refractivity contribution in [1.82, 2.24) is 35.0 Å². The fraction of sp³-hybridized carbons (Fsp3) is 0.350. The molecular weight excluding hydrogens is 402 g/mol. The molecule has 7 nitrogen and oxygen atoms in total. The molecule has 1 aromatic carbocycles. The van der Waals surface area contributed by atoms with Crippen molar-refractivity contribution in [2.45, 2.75) is 49.2 Å². The van der Waals surface area contributed by atoms with Gasteiger partial charge in [-0.3, -0.25) is 0 Å². The smallest absolute Gasteiger partial charge is 0.191 e. The Kier molecular flexibility index (Phi) is 5.40. The Balaban J connectivity index is 1.34. The molecule has 0 spiro atoms. The zero-order chi connectivity index (χ0) is 19.5. The molecule has 0 atom stereocenters. The number of hydrogen-bond acceptors (Lipinski definition) is 7. The van der Waals surface area contributed by atoms with Crippen LogP contribution in [-0.4, -0.2) is 35.0 Å². The van der Waals surface area contributed by atoms with Crippen LogP contribution in [0.5, 0.6) is 0 Å². The molecule has 0 N–H and O–H groups in total. The Labute approximate surface area is 177 Å². The van der Waals surface area contributed by atoms with Gasteiger partial charge in [-0.15, -0.1) is 26.6 Å². The fourth-order valence-corrected chi connectivity index (χ4v) is 4.88. The van der Waals surface area contributed by atoms with Crippen molar-refractivity contribution in [3.05, 3.63) is 69.9 Å². The lowest BCUT2D eigenvalue weighted by atomic mass is 10.1. The highest BCUT2D eigenvalue weighted by atomic mass is 32.2. The van der Waals surface area contributed by atoms with Crippen LogP contribution < -0.4 is 0 Å². The summed E-state index contributed by atoms with van der Waals surface area (Å²) in [5.74, 6) is 2.62. The predicted octanol–water partition coefficient (Wildman–Crippen LogP) is 3.79. The number of hydrogen-bond donors (Lipinski definition) is 0. The van der Waals surface area contributed by atoms with Gasteiger partial charge in [-0.05, 0) is 46.7 Å². The summed E-state index contributed by atoms with van der Waals surface area (Å²) in [6.45, 7) is 0.855. The first-order chi connectivity index (χ1) is 14.4. The number of rotatable bonds is 9. The van der Waals surface area contributed by atoms with E-state index in [9.17, 15) is 0 Å². The zero-order valence-corrected chi connectivity index (χ0v) is 17.5. The number of thiophene rings is 1. The number of benzene rings is 1. The lowest BCUT2D eigenvalue weighted by Crippen LogP contribution is -2.09. The van der Waals surface area contributed by atoms with E-state index >= 15 is 0 Å². The predicted molar refractivity (Wildman–Crippen MR) is 113 cm³/mol. The fourth-order valence-electron chi connectivity index (χ4n) is 3.27. The standard InChI is InChI=1S/C20H21N7S2/c1-2-5-15(6-3-1)10-11-26-18(13-17-7-4-12-28-17)21-23-20(26)29-14-19-22-24-25-27(19)16-8-9-16/h1-7,12,16H,8-11,13-14H2. The van der Waals surface area contributed by atoms with Crippen molar-refractivity contribution in [3.8, 4) is 0 Å². The largest absolute Gasteiger partial charge is 0.305 e. The molecule has 148 valence electrons. The third-order valence-corrected chi connectivity index (χ3v) is 6.80. The molecule has 0 aliphatic heterocycles. The molecule has 1 saturated carbocycles. The minimum atomic E-state index is 0.478. The number of nitrogens with zero attached hydrogens (tertiary/aromatic N) is 7. The molecule has 1 aliphatic carbocycles. The average Bonchev–Trinajstić information content (AvgIpc) is 3.14. The van der Waals surface area contributed by atoms with E-state index < -0.39 is 0 Å². The second kappa shape index (κ2) is 8.46. The molecule has 0 unspecified atom stereocenters. The average molecular weight is 424 g/mol. The van der Waals surface area contributed by atoms with E-state index in [4.69, 9.17) is 0 Å².